The van der Waals surface area contributed by atoms with Gasteiger partial charge >= 0.3 is 5.97 Å². The van der Waals surface area contributed by atoms with E-state index in [1.807, 2.05) is 6.07 Å². The Morgan fingerprint density at radius 1 is 1.67 bits per heavy atom. The summed E-state index contributed by atoms with van der Waals surface area (Å²) < 4.78 is 5.80. The van der Waals surface area contributed by atoms with Crippen molar-refractivity contribution in [3.05, 3.63) is 27.7 Å². The summed E-state index contributed by atoms with van der Waals surface area (Å²) in [4.78, 5) is 18.6. The molecule has 0 aliphatic rings. The molecule has 0 amide bonds. The van der Waals surface area contributed by atoms with Gasteiger partial charge in [-0.25, -0.2) is 4.79 Å². The highest BCUT2D eigenvalue weighted by Gasteiger charge is 2.16. The molecule has 2 aromatic heterocycles. The second kappa shape index (κ2) is 4.18. The van der Waals surface area contributed by atoms with Crippen molar-refractivity contribution in [2.75, 3.05) is 6.61 Å². The molecule has 4 nitrogen and oxygen atoms in total. The number of nitrogens with one attached hydrogen (secondary N) is 1. The van der Waals surface area contributed by atoms with Crippen molar-refractivity contribution in [1.29, 1.82) is 0 Å². The van der Waals surface area contributed by atoms with Gasteiger partial charge in [0, 0.05) is 17.8 Å². The van der Waals surface area contributed by atoms with E-state index >= 15 is 0 Å². The molecule has 0 saturated heterocycles. The number of halogens is 1. The third-order valence-electron chi connectivity index (χ3n) is 2.02. The quantitative estimate of drug-likeness (QED) is 0.683. The summed E-state index contributed by atoms with van der Waals surface area (Å²) >= 11 is 2.12. The van der Waals surface area contributed by atoms with Gasteiger partial charge in [-0.15, -0.1) is 0 Å². The molecule has 0 saturated carbocycles. The van der Waals surface area contributed by atoms with Crippen LogP contribution in [0.3, 0.4) is 0 Å². The number of hydrogen-bond donors (Lipinski definition) is 1. The Kier molecular flexibility index (Phi) is 2.90. The number of esters is 1. The number of pyridine rings is 1. The zero-order valence-electron chi connectivity index (χ0n) is 8.08. The molecule has 2 heterocycles. The van der Waals surface area contributed by atoms with Gasteiger partial charge in [0.2, 0.25) is 0 Å². The predicted molar refractivity (Wildman–Crippen MR) is 64.8 cm³/mol. The number of aromatic amines is 1. The van der Waals surface area contributed by atoms with Crippen molar-refractivity contribution in [1.82, 2.24) is 9.97 Å². The van der Waals surface area contributed by atoms with E-state index in [4.69, 9.17) is 4.74 Å². The number of carbonyl (C=O) groups excluding carboxylic acids is 1. The minimum Gasteiger partial charge on any atom is -0.461 e. The number of nitrogens with zero attached hydrogens (tertiary/aromatic N) is 1. The summed E-state index contributed by atoms with van der Waals surface area (Å²) in [6.45, 7) is 2.16. The van der Waals surface area contributed by atoms with Gasteiger partial charge in [0.15, 0.2) is 0 Å². The topological polar surface area (TPSA) is 55.0 Å². The smallest absolute Gasteiger partial charge is 0.355 e. The van der Waals surface area contributed by atoms with E-state index in [1.54, 1.807) is 19.3 Å². The van der Waals surface area contributed by atoms with Crippen molar-refractivity contribution in [3.8, 4) is 0 Å². The third kappa shape index (κ3) is 1.83. The van der Waals surface area contributed by atoms with Crippen molar-refractivity contribution in [3.63, 3.8) is 0 Å². The maximum atomic E-state index is 11.6. The lowest BCUT2D eigenvalue weighted by Gasteiger charge is -1.98. The second-order valence-corrected chi connectivity index (χ2v) is 4.03. The Morgan fingerprint density at radius 2 is 2.47 bits per heavy atom. The third-order valence-corrected chi connectivity index (χ3v) is 3.14. The first-order chi connectivity index (χ1) is 7.24. The number of rotatable bonds is 2. The van der Waals surface area contributed by atoms with Crippen molar-refractivity contribution >= 4 is 39.5 Å². The zero-order chi connectivity index (χ0) is 10.8. The van der Waals surface area contributed by atoms with E-state index < -0.39 is 0 Å². The fraction of sp³-hybridized carbons (Fsp3) is 0.200. The Morgan fingerprint density at radius 3 is 3.13 bits per heavy atom. The maximum absolute atomic E-state index is 11.6. The highest BCUT2D eigenvalue weighted by atomic mass is 127. The van der Waals surface area contributed by atoms with Crippen LogP contribution in [-0.2, 0) is 4.74 Å². The predicted octanol–water partition coefficient (Wildman–Crippen LogP) is 2.34. The zero-order valence-corrected chi connectivity index (χ0v) is 10.2. The second-order valence-electron chi connectivity index (χ2n) is 2.96. The van der Waals surface area contributed by atoms with Crippen LogP contribution in [0.25, 0.3) is 10.9 Å². The van der Waals surface area contributed by atoms with Crippen LogP contribution in [0.1, 0.15) is 17.4 Å². The van der Waals surface area contributed by atoms with Crippen LogP contribution in [0.2, 0.25) is 0 Å². The molecule has 0 aliphatic carbocycles. The average molecular weight is 316 g/mol. The average Bonchev–Trinajstić information content (AvgIpc) is 2.57. The first kappa shape index (κ1) is 10.4. The molecule has 0 bridgehead atoms. The summed E-state index contributed by atoms with van der Waals surface area (Å²) in [5, 5.41) is 0.946. The first-order valence-corrected chi connectivity index (χ1v) is 5.60. The summed E-state index contributed by atoms with van der Waals surface area (Å²) in [5.74, 6) is -0.321. The van der Waals surface area contributed by atoms with Crippen molar-refractivity contribution in [2.45, 2.75) is 6.92 Å². The Labute approximate surface area is 100 Å². The number of ether oxygens (including phenoxy) is 1. The minimum absolute atomic E-state index is 0.321. The van der Waals surface area contributed by atoms with Gasteiger partial charge in [0.05, 0.1) is 15.7 Å². The van der Waals surface area contributed by atoms with E-state index in [-0.39, 0.29) is 5.97 Å². The molecule has 5 heteroatoms. The van der Waals surface area contributed by atoms with Gasteiger partial charge in [0.1, 0.15) is 5.69 Å². The molecule has 15 heavy (non-hydrogen) atoms. The fourth-order valence-electron chi connectivity index (χ4n) is 1.35. The maximum Gasteiger partial charge on any atom is 0.355 e. The summed E-state index contributed by atoms with van der Waals surface area (Å²) in [7, 11) is 0. The molecule has 0 spiro atoms. The lowest BCUT2D eigenvalue weighted by molar-refractivity contribution is 0.0519. The summed E-state index contributed by atoms with van der Waals surface area (Å²) in [5.41, 5.74) is 1.40. The van der Waals surface area contributed by atoms with Crippen molar-refractivity contribution < 1.29 is 9.53 Å². The van der Waals surface area contributed by atoms with Crippen LogP contribution in [0.5, 0.6) is 0 Å². The number of carbonyl (C=O) groups is 1. The first-order valence-electron chi connectivity index (χ1n) is 4.52. The monoisotopic (exact) mass is 316 g/mol. The minimum atomic E-state index is -0.321. The normalized spacial score (nSPS) is 10.5. The number of H-pyrrole nitrogens is 1. The fourth-order valence-corrected chi connectivity index (χ4v) is 2.13. The molecule has 0 atom stereocenters. The molecule has 2 rings (SSSR count). The number of fused-ring (bicyclic) bond motifs is 1. The molecule has 0 aromatic carbocycles. The van der Waals surface area contributed by atoms with E-state index in [1.165, 1.54) is 0 Å². The van der Waals surface area contributed by atoms with Crippen LogP contribution in [-0.4, -0.2) is 22.5 Å². The van der Waals surface area contributed by atoms with Crippen LogP contribution in [0.15, 0.2) is 18.5 Å². The Hall–Kier alpha value is -1.11. The van der Waals surface area contributed by atoms with Crippen LogP contribution in [0.4, 0.5) is 0 Å². The molecular weight excluding hydrogens is 307 g/mol. The van der Waals surface area contributed by atoms with E-state index in [2.05, 4.69) is 32.6 Å². The Balaban J connectivity index is 2.53. The van der Waals surface area contributed by atoms with E-state index in [0.29, 0.717) is 12.3 Å². The standard InChI is InChI=1S/C10H9IN2O2/c1-2-15-10(14)9-8(11)6-5-12-4-3-7(6)13-9/h3-5,13H,2H2,1H3. The van der Waals surface area contributed by atoms with Crippen molar-refractivity contribution in [2.24, 2.45) is 0 Å². The van der Waals surface area contributed by atoms with Gasteiger partial charge in [-0.1, -0.05) is 0 Å². The molecular formula is C10H9IN2O2. The summed E-state index contributed by atoms with van der Waals surface area (Å²) in [6.07, 6.45) is 3.42. The molecule has 78 valence electrons. The summed E-state index contributed by atoms with van der Waals surface area (Å²) in [6, 6.07) is 1.83. The highest BCUT2D eigenvalue weighted by Crippen LogP contribution is 2.23. The molecule has 2 aromatic rings. The van der Waals surface area contributed by atoms with Gasteiger partial charge < -0.3 is 9.72 Å². The Bertz CT molecular complexity index is 507. The molecule has 0 unspecified atom stereocenters. The van der Waals surface area contributed by atoms with E-state index in [9.17, 15) is 4.79 Å². The molecule has 0 radical (unpaired) electrons. The van der Waals surface area contributed by atoms with Gasteiger partial charge in [-0.2, -0.15) is 0 Å². The number of hydrogen-bond acceptors (Lipinski definition) is 3. The largest absolute Gasteiger partial charge is 0.461 e. The van der Waals surface area contributed by atoms with Gasteiger partial charge in [-0.3, -0.25) is 4.98 Å². The highest BCUT2D eigenvalue weighted by molar-refractivity contribution is 14.1. The van der Waals surface area contributed by atoms with Crippen LogP contribution in [0, 0.1) is 3.57 Å². The molecule has 0 fully saturated rings. The number of aromatic nitrogens is 2. The van der Waals surface area contributed by atoms with Gasteiger partial charge in [0.25, 0.3) is 0 Å². The molecule has 1 N–H and O–H groups in total. The van der Waals surface area contributed by atoms with Crippen LogP contribution >= 0.6 is 22.6 Å². The SMILES string of the molecule is CCOC(=O)c1[nH]c2ccncc2c1I. The molecule has 0 aliphatic heterocycles. The van der Waals surface area contributed by atoms with Crippen LogP contribution < -0.4 is 0 Å². The van der Waals surface area contributed by atoms with E-state index in [0.717, 1.165) is 14.5 Å². The lowest BCUT2D eigenvalue weighted by atomic mass is 10.3. The lowest BCUT2D eigenvalue weighted by Crippen LogP contribution is -2.06. The van der Waals surface area contributed by atoms with Gasteiger partial charge in [-0.05, 0) is 35.6 Å².